The van der Waals surface area contributed by atoms with E-state index in [9.17, 15) is 51.3 Å². The Bertz CT molecular complexity index is 2120. The second-order valence-corrected chi connectivity index (χ2v) is 21.2. The second-order valence-electron chi connectivity index (χ2n) is 17.4. The topological polar surface area (TPSA) is 214 Å². The van der Waals surface area contributed by atoms with E-state index in [0.29, 0.717) is 31.3 Å². The molecule has 69 heavy (non-hydrogen) atoms. The Balaban J connectivity index is 0.000000202. The standard InChI is InChI=1S/C21H28NO4S2.C20H26NO4S2.2C2HF3O2/c23-12-2-1-9-22-10-7-16(8-11-22)17(15-22)26-20(24)21(25,18-5-3-13-27-18)19-6-4-14-28-19;22-11-3-8-21-9-6-15(7-10-21)16(14-21)25-19(23)20(24,17-4-1-12-26-17)18-5-2-13-27-18;2*3-2(4,5)1(6)7/h3-6,13-14,16-17,23,25H,1-2,7-12,15H2;1-2,4-5,12-13,15-16,22,24H,3,6-11,14H2;2*(H,6,7)/q2*+1;;/p-2/t16?,17-,22?;15?,16-,21?;;/m00../s1. The fraction of sp³-hybridized carbons (Fsp3) is 0.556. The number of hydrogen-bond donors (Lipinski definition) is 4. The number of unbranched alkanes of at least 4 members (excludes halogenated alkanes) is 1. The van der Waals surface area contributed by atoms with Crippen LogP contribution in [0.5, 0.6) is 0 Å². The van der Waals surface area contributed by atoms with Crippen LogP contribution in [0.25, 0.3) is 0 Å². The van der Waals surface area contributed by atoms with Crippen LogP contribution in [-0.4, -0.2) is 143 Å². The minimum absolute atomic E-state index is 0.143. The van der Waals surface area contributed by atoms with Crippen LogP contribution in [0.1, 0.15) is 64.5 Å². The van der Waals surface area contributed by atoms with Gasteiger partial charge in [-0.2, -0.15) is 26.3 Å². The van der Waals surface area contributed by atoms with Gasteiger partial charge in [0.2, 0.25) is 11.2 Å². The third-order valence-electron chi connectivity index (χ3n) is 13.0. The summed E-state index contributed by atoms with van der Waals surface area (Å²) in [7, 11) is 0. The van der Waals surface area contributed by atoms with Gasteiger partial charge in [-0.25, -0.2) is 9.59 Å². The van der Waals surface area contributed by atoms with Crippen molar-refractivity contribution in [2.24, 2.45) is 11.8 Å². The second kappa shape index (κ2) is 24.0. The molecule has 14 nitrogen and oxygen atoms in total. The number of rotatable bonds is 15. The molecule has 0 spiro atoms. The molecule has 0 amide bonds. The van der Waals surface area contributed by atoms with Gasteiger partial charge in [-0.1, -0.05) is 24.3 Å². The molecule has 382 valence electrons. The number of alkyl halides is 6. The lowest BCUT2D eigenvalue weighted by Crippen LogP contribution is -2.65. The molecule has 24 heteroatoms. The molecule has 6 aliphatic rings. The van der Waals surface area contributed by atoms with E-state index < -0.39 is 47.4 Å². The number of ether oxygens (including phenoxy) is 2. The van der Waals surface area contributed by atoms with Crippen LogP contribution < -0.4 is 10.2 Å². The molecule has 0 unspecified atom stereocenters. The Hall–Kier alpha value is -3.98. The summed E-state index contributed by atoms with van der Waals surface area (Å²) in [6.45, 7) is 8.46. The highest BCUT2D eigenvalue weighted by molar-refractivity contribution is 7.12. The molecule has 0 aliphatic carbocycles. The van der Waals surface area contributed by atoms with Crippen LogP contribution in [0.15, 0.2) is 70.1 Å². The number of carboxylic acid groups (broad SMARTS) is 2. The fourth-order valence-electron chi connectivity index (χ4n) is 9.33. The van der Waals surface area contributed by atoms with Crippen LogP contribution in [0, 0.1) is 11.8 Å². The summed E-state index contributed by atoms with van der Waals surface area (Å²) in [6.07, 6.45) is -3.89. The number of quaternary nitrogens is 2. The number of aliphatic carboxylic acids is 2. The number of carbonyl (C=O) groups excluding carboxylic acids is 4. The minimum atomic E-state index is -5.19. The molecule has 0 saturated carbocycles. The van der Waals surface area contributed by atoms with Crippen molar-refractivity contribution in [2.75, 3.05) is 65.6 Å². The molecule has 4 aromatic rings. The summed E-state index contributed by atoms with van der Waals surface area (Å²) >= 11 is 5.49. The van der Waals surface area contributed by atoms with Crippen LogP contribution in [0.2, 0.25) is 0 Å². The van der Waals surface area contributed by atoms with E-state index >= 15 is 0 Å². The molecular weight excluding hydrogens is 1000 g/mol. The van der Waals surface area contributed by atoms with Gasteiger partial charge in [0.15, 0.2) is 12.2 Å². The maximum Gasteiger partial charge on any atom is 0.430 e. The Kier molecular flexibility index (Phi) is 19.4. The quantitative estimate of drug-likeness (QED) is 0.0573. The summed E-state index contributed by atoms with van der Waals surface area (Å²) < 4.78 is 77.0. The van der Waals surface area contributed by atoms with E-state index in [1.165, 1.54) is 45.3 Å². The van der Waals surface area contributed by atoms with E-state index in [2.05, 4.69) is 0 Å². The van der Waals surface area contributed by atoms with Crippen molar-refractivity contribution >= 4 is 69.2 Å². The van der Waals surface area contributed by atoms with E-state index in [1.54, 1.807) is 24.3 Å². The number of fused-ring (bicyclic) bond motifs is 6. The number of esters is 2. The molecule has 10 rings (SSSR count). The van der Waals surface area contributed by atoms with Crippen LogP contribution in [-0.2, 0) is 39.9 Å². The Morgan fingerprint density at radius 2 is 0.841 bits per heavy atom. The number of carboxylic acids is 2. The SMILES string of the molecule is O=C(O[C@H]1C[N+]2(CCCCO)CCC1CC2)C(O)(c1cccs1)c1cccs1.O=C(O[C@H]1C[N+]2(CCCO)CCC1CC2)C(O)(c1cccs1)c1cccs1.O=C([O-])C(F)(F)F.O=C([O-])C(F)(F)F. The molecule has 2 atom stereocenters. The maximum atomic E-state index is 13.3. The van der Waals surface area contributed by atoms with E-state index in [1.807, 2.05) is 45.8 Å². The van der Waals surface area contributed by atoms with E-state index in [4.69, 9.17) is 34.4 Å². The van der Waals surface area contributed by atoms with Crippen LogP contribution in [0.4, 0.5) is 26.3 Å². The first-order valence-electron chi connectivity index (χ1n) is 22.0. The number of nitrogens with zero attached hydrogens (tertiary/aromatic N) is 2. The number of hydrogen-bond acceptors (Lipinski definition) is 16. The molecule has 4 N–H and O–H groups in total. The summed E-state index contributed by atoms with van der Waals surface area (Å²) in [5.74, 6) is -6.37. The zero-order valence-electron chi connectivity index (χ0n) is 37.1. The van der Waals surface area contributed by atoms with Crippen LogP contribution >= 0.6 is 45.3 Å². The molecule has 6 saturated heterocycles. The van der Waals surface area contributed by atoms with Crippen molar-refractivity contribution in [3.63, 3.8) is 0 Å². The van der Waals surface area contributed by atoms with Gasteiger partial charge in [-0.15, -0.1) is 45.3 Å². The predicted molar refractivity (Wildman–Crippen MR) is 238 cm³/mol. The Morgan fingerprint density at radius 1 is 0.551 bits per heavy atom. The zero-order valence-corrected chi connectivity index (χ0v) is 40.4. The monoisotopic (exact) mass is 1060 g/mol. The van der Waals surface area contributed by atoms with Gasteiger partial charge in [0.25, 0.3) is 0 Å². The average molecular weight is 1060 g/mol. The lowest BCUT2D eigenvalue weighted by Gasteiger charge is -2.52. The van der Waals surface area contributed by atoms with Gasteiger partial charge < -0.3 is 58.7 Å². The van der Waals surface area contributed by atoms with Gasteiger partial charge >= 0.3 is 24.3 Å². The van der Waals surface area contributed by atoms with E-state index in [0.717, 1.165) is 106 Å². The first-order chi connectivity index (χ1) is 32.5. The highest BCUT2D eigenvalue weighted by Gasteiger charge is 2.53. The highest BCUT2D eigenvalue weighted by Crippen LogP contribution is 2.42. The van der Waals surface area contributed by atoms with Gasteiger partial charge in [0.1, 0.15) is 25.0 Å². The van der Waals surface area contributed by atoms with Crippen molar-refractivity contribution in [2.45, 2.75) is 80.7 Å². The van der Waals surface area contributed by atoms with Crippen molar-refractivity contribution in [3.05, 3.63) is 89.6 Å². The van der Waals surface area contributed by atoms with Crippen molar-refractivity contribution in [1.82, 2.24) is 0 Å². The highest BCUT2D eigenvalue weighted by atomic mass is 32.1. The number of halogens is 6. The summed E-state index contributed by atoms with van der Waals surface area (Å²) in [5.41, 5.74) is -3.46. The first-order valence-corrected chi connectivity index (χ1v) is 25.6. The molecule has 4 aromatic heterocycles. The van der Waals surface area contributed by atoms with Gasteiger partial charge in [-0.3, -0.25) is 0 Å². The van der Waals surface area contributed by atoms with Gasteiger partial charge in [0, 0.05) is 57.2 Å². The predicted octanol–water partition coefficient (Wildman–Crippen LogP) is 4.15. The molecule has 4 bridgehead atoms. The number of thiophene rings is 4. The largest absolute Gasteiger partial charge is 0.542 e. The van der Waals surface area contributed by atoms with E-state index in [-0.39, 0.29) is 25.4 Å². The minimum Gasteiger partial charge on any atom is -0.542 e. The summed E-state index contributed by atoms with van der Waals surface area (Å²) in [5, 5.41) is 66.2. The first kappa shape index (κ1) is 55.9. The molecule has 0 radical (unpaired) electrons. The Labute approximate surface area is 409 Å². The maximum absolute atomic E-state index is 13.3. The third kappa shape index (κ3) is 13.9. The fourth-order valence-corrected chi connectivity index (χ4v) is 12.8. The summed E-state index contributed by atoms with van der Waals surface area (Å²) in [6, 6.07) is 14.6. The van der Waals surface area contributed by atoms with Crippen LogP contribution in [0.3, 0.4) is 0 Å². The summed E-state index contributed by atoms with van der Waals surface area (Å²) in [4.78, 5) is 46.5. The number of aliphatic hydroxyl groups is 4. The molecule has 6 fully saturated rings. The van der Waals surface area contributed by atoms with Crippen molar-refractivity contribution in [3.8, 4) is 0 Å². The lowest BCUT2D eigenvalue weighted by molar-refractivity contribution is -0.946. The van der Waals surface area contributed by atoms with Crippen molar-refractivity contribution < 1.29 is 94.6 Å². The number of carbonyl (C=O) groups is 4. The molecule has 6 aliphatic heterocycles. The average Bonchev–Trinajstić information content (AvgIpc) is 4.18. The third-order valence-corrected chi connectivity index (χ3v) is 16.9. The number of aliphatic hydroxyl groups excluding tert-OH is 2. The molecular formula is C45H54F6N2O12S4. The lowest BCUT2D eigenvalue weighted by atomic mass is 9.83. The molecule has 10 heterocycles. The smallest absolute Gasteiger partial charge is 0.430 e. The zero-order chi connectivity index (χ0) is 50.7. The van der Waals surface area contributed by atoms with Crippen molar-refractivity contribution in [1.29, 1.82) is 0 Å². The normalized spacial score (nSPS) is 24.1. The van der Waals surface area contributed by atoms with Gasteiger partial charge in [-0.05, 0) is 58.6 Å². The molecule has 0 aromatic carbocycles. The Morgan fingerprint density at radius 3 is 1.09 bits per heavy atom. The van der Waals surface area contributed by atoms with Gasteiger partial charge in [0.05, 0.1) is 58.8 Å². The number of piperidine rings is 6.